The highest BCUT2D eigenvalue weighted by Crippen LogP contribution is 2.26. The van der Waals surface area contributed by atoms with E-state index in [2.05, 4.69) is 0 Å². The van der Waals surface area contributed by atoms with Gasteiger partial charge in [-0.15, -0.1) is 0 Å². The molecule has 1 aromatic heterocycles. The van der Waals surface area contributed by atoms with Gasteiger partial charge >= 0.3 is 5.97 Å². The predicted octanol–water partition coefficient (Wildman–Crippen LogP) is 2.02. The number of rotatable bonds is 1. The first-order valence-electron chi connectivity index (χ1n) is 4.11. The highest BCUT2D eigenvalue weighted by Gasteiger charge is 2.12. The molecule has 4 heteroatoms. The summed E-state index contributed by atoms with van der Waals surface area (Å²) in [5.41, 5.74) is 7.57. The molecule has 4 nitrogen and oxygen atoms in total. The second kappa shape index (κ2) is 2.77. The molecule has 0 atom stereocenters. The van der Waals surface area contributed by atoms with Crippen LogP contribution in [-0.2, 0) is 0 Å². The molecule has 0 saturated carbocycles. The van der Waals surface area contributed by atoms with Crippen LogP contribution in [0.4, 0.5) is 5.69 Å². The Bertz CT molecular complexity index is 513. The molecule has 2 rings (SSSR count). The topological polar surface area (TPSA) is 76.5 Å². The second-order valence-corrected chi connectivity index (χ2v) is 3.19. The van der Waals surface area contributed by atoms with E-state index in [-0.39, 0.29) is 5.76 Å². The number of carbonyl (C=O) groups is 1. The van der Waals surface area contributed by atoms with Crippen LogP contribution in [0.1, 0.15) is 16.1 Å². The van der Waals surface area contributed by atoms with E-state index >= 15 is 0 Å². The average Bonchev–Trinajstić information content (AvgIpc) is 2.47. The van der Waals surface area contributed by atoms with Crippen molar-refractivity contribution in [3.8, 4) is 0 Å². The molecule has 72 valence electrons. The van der Waals surface area contributed by atoms with Gasteiger partial charge in [-0.2, -0.15) is 0 Å². The van der Waals surface area contributed by atoms with Crippen LogP contribution in [0.5, 0.6) is 0 Å². The quantitative estimate of drug-likeness (QED) is 0.676. The van der Waals surface area contributed by atoms with E-state index in [1.54, 1.807) is 6.07 Å². The Kier molecular flexibility index (Phi) is 1.70. The standard InChI is InChI=1S/C10H9NO3/c1-5-2-6-4-8(10(12)13)14-9(6)7(11)3-5/h2-4H,11H2,1H3,(H,12,13). The van der Waals surface area contributed by atoms with E-state index in [9.17, 15) is 4.79 Å². The molecule has 0 amide bonds. The number of carboxylic acid groups (broad SMARTS) is 1. The maximum absolute atomic E-state index is 10.6. The highest BCUT2D eigenvalue weighted by atomic mass is 16.4. The molecule has 0 spiro atoms. The summed E-state index contributed by atoms with van der Waals surface area (Å²) in [4.78, 5) is 10.6. The minimum absolute atomic E-state index is 0.0858. The number of carboxylic acids is 1. The molecule has 0 aliphatic heterocycles. The van der Waals surface area contributed by atoms with E-state index in [0.29, 0.717) is 11.3 Å². The molecule has 0 bridgehead atoms. The van der Waals surface area contributed by atoms with E-state index in [0.717, 1.165) is 10.9 Å². The normalized spacial score (nSPS) is 10.6. The molecule has 0 fully saturated rings. The SMILES string of the molecule is Cc1cc(N)c2oc(C(=O)O)cc2c1. The van der Waals surface area contributed by atoms with Crippen LogP contribution in [0.3, 0.4) is 0 Å². The van der Waals surface area contributed by atoms with Crippen molar-refractivity contribution in [3.05, 3.63) is 29.5 Å². The molecule has 1 aromatic carbocycles. The van der Waals surface area contributed by atoms with Crippen molar-refractivity contribution in [2.45, 2.75) is 6.92 Å². The first-order valence-corrected chi connectivity index (χ1v) is 4.11. The first-order chi connectivity index (χ1) is 6.58. The van der Waals surface area contributed by atoms with Crippen molar-refractivity contribution in [2.24, 2.45) is 0 Å². The Labute approximate surface area is 79.9 Å². The zero-order valence-electron chi connectivity index (χ0n) is 7.57. The van der Waals surface area contributed by atoms with Crippen LogP contribution in [0, 0.1) is 6.92 Å². The molecule has 2 aromatic rings. The third kappa shape index (κ3) is 1.21. The molecular formula is C10H9NO3. The first kappa shape index (κ1) is 8.62. The lowest BCUT2D eigenvalue weighted by molar-refractivity contribution is 0.0665. The summed E-state index contributed by atoms with van der Waals surface area (Å²) in [7, 11) is 0. The van der Waals surface area contributed by atoms with Crippen molar-refractivity contribution in [3.63, 3.8) is 0 Å². The lowest BCUT2D eigenvalue weighted by atomic mass is 10.1. The van der Waals surface area contributed by atoms with E-state index < -0.39 is 5.97 Å². The number of hydrogen-bond donors (Lipinski definition) is 2. The van der Waals surface area contributed by atoms with Crippen molar-refractivity contribution in [1.82, 2.24) is 0 Å². The van der Waals surface area contributed by atoms with Crippen LogP contribution >= 0.6 is 0 Å². The molecule has 0 unspecified atom stereocenters. The van der Waals surface area contributed by atoms with Gasteiger partial charge in [0.15, 0.2) is 5.58 Å². The minimum atomic E-state index is -1.08. The Morgan fingerprint density at radius 1 is 1.43 bits per heavy atom. The van der Waals surface area contributed by atoms with Gasteiger partial charge < -0.3 is 15.3 Å². The Balaban J connectivity index is 2.76. The average molecular weight is 191 g/mol. The number of hydrogen-bond acceptors (Lipinski definition) is 3. The number of aryl methyl sites for hydroxylation is 1. The molecule has 1 heterocycles. The zero-order valence-corrected chi connectivity index (χ0v) is 7.57. The maximum Gasteiger partial charge on any atom is 0.371 e. The summed E-state index contributed by atoms with van der Waals surface area (Å²) in [6.07, 6.45) is 0. The van der Waals surface area contributed by atoms with Gasteiger partial charge in [0, 0.05) is 5.39 Å². The summed E-state index contributed by atoms with van der Waals surface area (Å²) in [6, 6.07) is 5.06. The smallest absolute Gasteiger partial charge is 0.371 e. The van der Waals surface area contributed by atoms with Crippen LogP contribution in [0.15, 0.2) is 22.6 Å². The lowest BCUT2D eigenvalue weighted by Crippen LogP contribution is -1.91. The Hall–Kier alpha value is -1.97. The Morgan fingerprint density at radius 3 is 2.79 bits per heavy atom. The fraction of sp³-hybridized carbons (Fsp3) is 0.100. The van der Waals surface area contributed by atoms with Crippen molar-refractivity contribution >= 4 is 22.6 Å². The largest absolute Gasteiger partial charge is 0.475 e. The van der Waals surface area contributed by atoms with Gasteiger partial charge in [-0.1, -0.05) is 0 Å². The fourth-order valence-corrected chi connectivity index (χ4v) is 1.44. The van der Waals surface area contributed by atoms with Gasteiger partial charge in [-0.05, 0) is 30.7 Å². The van der Waals surface area contributed by atoms with Crippen LogP contribution in [0.2, 0.25) is 0 Å². The van der Waals surface area contributed by atoms with Crippen molar-refractivity contribution in [2.75, 3.05) is 5.73 Å². The highest BCUT2D eigenvalue weighted by molar-refractivity contribution is 5.95. The fourth-order valence-electron chi connectivity index (χ4n) is 1.44. The molecule has 0 radical (unpaired) electrons. The maximum atomic E-state index is 10.6. The van der Waals surface area contributed by atoms with E-state index in [4.69, 9.17) is 15.3 Å². The Morgan fingerprint density at radius 2 is 2.14 bits per heavy atom. The molecule has 14 heavy (non-hydrogen) atoms. The number of anilines is 1. The van der Waals surface area contributed by atoms with Crippen molar-refractivity contribution < 1.29 is 14.3 Å². The zero-order chi connectivity index (χ0) is 10.3. The van der Waals surface area contributed by atoms with Crippen molar-refractivity contribution in [1.29, 1.82) is 0 Å². The van der Waals surface area contributed by atoms with Gasteiger partial charge in [0.25, 0.3) is 0 Å². The summed E-state index contributed by atoms with van der Waals surface area (Å²) < 4.78 is 5.09. The molecule has 0 aliphatic rings. The summed E-state index contributed by atoms with van der Waals surface area (Å²) >= 11 is 0. The van der Waals surface area contributed by atoms with Crippen LogP contribution in [-0.4, -0.2) is 11.1 Å². The van der Waals surface area contributed by atoms with Gasteiger partial charge in [0.2, 0.25) is 5.76 Å². The number of nitrogen functional groups attached to an aromatic ring is 1. The third-order valence-corrected chi connectivity index (χ3v) is 2.00. The summed E-state index contributed by atoms with van der Waals surface area (Å²) in [5.74, 6) is -1.17. The van der Waals surface area contributed by atoms with E-state index in [1.165, 1.54) is 6.07 Å². The van der Waals surface area contributed by atoms with Crippen LogP contribution in [0.25, 0.3) is 11.0 Å². The molecule has 0 saturated heterocycles. The number of benzene rings is 1. The lowest BCUT2D eigenvalue weighted by Gasteiger charge is -1.96. The number of aromatic carboxylic acids is 1. The second-order valence-electron chi connectivity index (χ2n) is 3.19. The van der Waals surface area contributed by atoms with Gasteiger partial charge in [-0.25, -0.2) is 4.79 Å². The number of fused-ring (bicyclic) bond motifs is 1. The summed E-state index contributed by atoms with van der Waals surface area (Å²) in [5, 5.41) is 9.43. The number of nitrogens with two attached hydrogens (primary N) is 1. The number of furan rings is 1. The molecule has 0 aliphatic carbocycles. The minimum Gasteiger partial charge on any atom is -0.475 e. The molecular weight excluding hydrogens is 182 g/mol. The van der Waals surface area contributed by atoms with E-state index in [1.807, 2.05) is 13.0 Å². The predicted molar refractivity (Wildman–Crippen MR) is 52.3 cm³/mol. The van der Waals surface area contributed by atoms with Crippen LogP contribution < -0.4 is 5.73 Å². The van der Waals surface area contributed by atoms with Gasteiger partial charge in [0.05, 0.1) is 5.69 Å². The summed E-state index contributed by atoms with van der Waals surface area (Å²) in [6.45, 7) is 1.89. The monoisotopic (exact) mass is 191 g/mol. The van der Waals surface area contributed by atoms with Gasteiger partial charge in [-0.3, -0.25) is 0 Å². The van der Waals surface area contributed by atoms with Gasteiger partial charge in [0.1, 0.15) is 0 Å². The molecule has 3 N–H and O–H groups in total. The third-order valence-electron chi connectivity index (χ3n) is 2.00.